The highest BCUT2D eigenvalue weighted by Gasteiger charge is 2.51. The molecule has 0 amide bonds. The van der Waals surface area contributed by atoms with E-state index in [1.807, 2.05) is 0 Å². The average Bonchev–Trinajstić information content (AvgIpc) is 3.04. The van der Waals surface area contributed by atoms with Gasteiger partial charge in [0.15, 0.2) is 5.78 Å². The second-order valence-electron chi connectivity index (χ2n) is 10.9. The Labute approximate surface area is 268 Å². The highest BCUT2D eigenvalue weighted by atomic mass is 19.4. The summed E-state index contributed by atoms with van der Waals surface area (Å²) in [6.07, 6.45) is -4.64. The van der Waals surface area contributed by atoms with E-state index < -0.39 is 53.0 Å². The Hall–Kier alpha value is -5.13. The number of methoxy groups -OCH3 is 1. The van der Waals surface area contributed by atoms with Gasteiger partial charge in [0.1, 0.15) is 23.3 Å². The third-order valence-corrected chi connectivity index (χ3v) is 8.25. The summed E-state index contributed by atoms with van der Waals surface area (Å²) in [5.74, 6) is -6.06. The molecule has 3 atom stereocenters. The molecule has 12 heteroatoms. The number of carbonyl (C=O) groups excluding carboxylic acids is 3. The van der Waals surface area contributed by atoms with Crippen LogP contribution in [0.15, 0.2) is 95.5 Å². The number of halogens is 4. The van der Waals surface area contributed by atoms with Gasteiger partial charge < -0.3 is 19.9 Å². The van der Waals surface area contributed by atoms with Crippen LogP contribution in [0.2, 0.25) is 0 Å². The Morgan fingerprint density at radius 3 is 2.19 bits per heavy atom. The maximum Gasteiger partial charge on any atom is 0.416 e. The first-order valence-corrected chi connectivity index (χ1v) is 14.9. The Kier molecular flexibility index (Phi) is 9.41. The van der Waals surface area contributed by atoms with E-state index in [2.05, 4.69) is 0 Å². The van der Waals surface area contributed by atoms with Gasteiger partial charge in [0.05, 0.1) is 37.4 Å². The fraction of sp³-hybridized carbons (Fsp3) is 0.286. The predicted octanol–water partition coefficient (Wildman–Crippen LogP) is 6.38. The first-order valence-electron chi connectivity index (χ1n) is 14.9. The predicted molar refractivity (Wildman–Crippen MR) is 163 cm³/mol. The maximum atomic E-state index is 14.8. The fourth-order valence-corrected chi connectivity index (χ4v) is 6.21. The zero-order valence-corrected chi connectivity index (χ0v) is 25.8. The molecule has 3 aromatic rings. The van der Waals surface area contributed by atoms with E-state index >= 15 is 0 Å². The summed E-state index contributed by atoms with van der Waals surface area (Å²) >= 11 is 0. The van der Waals surface area contributed by atoms with Gasteiger partial charge in [-0.25, -0.2) is 9.18 Å². The van der Waals surface area contributed by atoms with Gasteiger partial charge in [0.2, 0.25) is 0 Å². The summed E-state index contributed by atoms with van der Waals surface area (Å²) in [5.41, 5.74) is 6.89. The van der Waals surface area contributed by atoms with Crippen LogP contribution in [0.3, 0.4) is 0 Å². The minimum atomic E-state index is -4.62. The van der Waals surface area contributed by atoms with E-state index in [0.29, 0.717) is 16.9 Å². The number of Topliss-reactive ketones (excluding diaryl/α,β-unsaturated/α-hetero) is 1. The number of hydrogen-bond donors (Lipinski definition) is 1. The van der Waals surface area contributed by atoms with Crippen LogP contribution in [0.25, 0.3) is 0 Å². The molecule has 3 aromatic carbocycles. The van der Waals surface area contributed by atoms with Crippen LogP contribution in [-0.2, 0) is 30.0 Å². The number of esters is 2. The smallest absolute Gasteiger partial charge is 0.416 e. The molecule has 0 aromatic heterocycles. The molecule has 2 N–H and O–H groups in total. The van der Waals surface area contributed by atoms with Crippen molar-refractivity contribution in [3.63, 3.8) is 0 Å². The molecule has 0 saturated heterocycles. The van der Waals surface area contributed by atoms with Gasteiger partial charge in [0, 0.05) is 22.9 Å². The molecule has 0 saturated carbocycles. The van der Waals surface area contributed by atoms with Crippen molar-refractivity contribution in [3.05, 3.63) is 118 Å². The minimum Gasteiger partial charge on any atom is -0.497 e. The fourth-order valence-electron chi connectivity index (χ4n) is 6.21. The van der Waals surface area contributed by atoms with Crippen LogP contribution >= 0.6 is 0 Å². The van der Waals surface area contributed by atoms with Crippen LogP contribution in [0.1, 0.15) is 48.8 Å². The van der Waals surface area contributed by atoms with Crippen LogP contribution in [0.4, 0.5) is 23.2 Å². The number of benzene rings is 3. The first kappa shape index (κ1) is 33.2. The van der Waals surface area contributed by atoms with Crippen LogP contribution < -0.4 is 15.4 Å². The normalized spacial score (nSPS) is 19.8. The first-order chi connectivity index (χ1) is 22.4. The standard InChI is InChI=1S/C35H32F4N2O6/c1-4-46-33(43)28-25(20-7-6-8-24(17-20)45-3)18-26-29(31(28)42)27(19-9-13-22(36)14-10-19)30(34(44)47-5-2)32(40)41(26)23-15-11-21(12-16-23)35(37,38)39/h6-17,25,27-28H,4-5,18,40H2,1-3H3/t25-,27+,28+/m0/s1. The van der Waals surface area contributed by atoms with Crippen LogP contribution in [-0.4, -0.2) is 38.0 Å². The Bertz CT molecular complexity index is 1750. The lowest BCUT2D eigenvalue weighted by Crippen LogP contribution is -2.46. The lowest BCUT2D eigenvalue weighted by Gasteiger charge is -2.44. The molecule has 0 bridgehead atoms. The second-order valence-corrected chi connectivity index (χ2v) is 10.9. The molecule has 1 heterocycles. The topological polar surface area (TPSA) is 108 Å². The quantitative estimate of drug-likeness (QED) is 0.170. The Morgan fingerprint density at radius 1 is 0.936 bits per heavy atom. The van der Waals surface area contributed by atoms with Gasteiger partial charge in [-0.2, -0.15) is 13.2 Å². The number of nitrogens with zero attached hydrogens (tertiary/aromatic N) is 1. The molecule has 0 spiro atoms. The van der Waals surface area contributed by atoms with E-state index in [1.54, 1.807) is 38.1 Å². The van der Waals surface area contributed by atoms with Crippen molar-refractivity contribution in [2.24, 2.45) is 11.7 Å². The van der Waals surface area contributed by atoms with Gasteiger partial charge in [-0.05, 0) is 79.9 Å². The van der Waals surface area contributed by atoms with Gasteiger partial charge in [-0.3, -0.25) is 14.5 Å². The van der Waals surface area contributed by atoms with Crippen LogP contribution in [0.5, 0.6) is 5.75 Å². The third-order valence-electron chi connectivity index (χ3n) is 8.25. The van der Waals surface area contributed by atoms with E-state index in [-0.39, 0.29) is 48.0 Å². The van der Waals surface area contributed by atoms with Crippen LogP contribution in [0, 0.1) is 11.7 Å². The number of rotatable bonds is 8. The Balaban J connectivity index is 1.82. The van der Waals surface area contributed by atoms with E-state index in [0.717, 1.165) is 24.3 Å². The summed E-state index contributed by atoms with van der Waals surface area (Å²) in [4.78, 5) is 43.4. The Morgan fingerprint density at radius 2 is 1.60 bits per heavy atom. The lowest BCUT2D eigenvalue weighted by atomic mass is 9.67. The highest BCUT2D eigenvalue weighted by Crippen LogP contribution is 2.52. The molecule has 2 aliphatic rings. The summed E-state index contributed by atoms with van der Waals surface area (Å²) in [7, 11) is 1.47. The number of ketones is 1. The number of alkyl halides is 3. The molecule has 5 rings (SSSR count). The average molecular weight is 653 g/mol. The molecule has 0 radical (unpaired) electrons. The molecule has 1 aliphatic carbocycles. The molecule has 246 valence electrons. The molecule has 47 heavy (non-hydrogen) atoms. The van der Waals surface area contributed by atoms with Gasteiger partial charge in [-0.1, -0.05) is 24.3 Å². The number of nitrogens with two attached hydrogens (primary N) is 1. The molecule has 0 unspecified atom stereocenters. The monoisotopic (exact) mass is 652 g/mol. The SMILES string of the molecule is CCOC(=O)C1=C(N)N(c2ccc(C(F)(F)F)cc2)C2=C(C(=O)[C@H](C(=O)OCC)[C@H](c3cccc(OC)c3)C2)[C@H]1c1ccc(F)cc1. The van der Waals surface area contributed by atoms with E-state index in [9.17, 15) is 31.9 Å². The number of hydrogen-bond acceptors (Lipinski definition) is 8. The largest absolute Gasteiger partial charge is 0.497 e. The van der Waals surface area contributed by atoms with E-state index in [4.69, 9.17) is 19.9 Å². The minimum absolute atomic E-state index is 0.00837. The molecule has 1 aliphatic heterocycles. The zero-order valence-electron chi connectivity index (χ0n) is 25.8. The third kappa shape index (κ3) is 6.32. The second kappa shape index (κ2) is 13.3. The van der Waals surface area contributed by atoms with Gasteiger partial charge in [-0.15, -0.1) is 0 Å². The molecular weight excluding hydrogens is 620 g/mol. The summed E-state index contributed by atoms with van der Waals surface area (Å²) < 4.78 is 70.8. The van der Waals surface area contributed by atoms with Crippen molar-refractivity contribution in [3.8, 4) is 5.75 Å². The van der Waals surface area contributed by atoms with Crippen molar-refractivity contribution < 1.29 is 46.2 Å². The van der Waals surface area contributed by atoms with Crippen molar-refractivity contribution in [2.45, 2.75) is 38.3 Å². The number of allylic oxidation sites excluding steroid dienone is 2. The summed E-state index contributed by atoms with van der Waals surface area (Å²) in [6, 6.07) is 16.0. The van der Waals surface area contributed by atoms with E-state index in [1.165, 1.54) is 36.3 Å². The van der Waals surface area contributed by atoms with Crippen molar-refractivity contribution >= 4 is 23.4 Å². The van der Waals surface area contributed by atoms with Gasteiger partial charge in [0.25, 0.3) is 0 Å². The highest BCUT2D eigenvalue weighted by molar-refractivity contribution is 6.14. The molecule has 0 fully saturated rings. The summed E-state index contributed by atoms with van der Waals surface area (Å²) in [5, 5.41) is 0. The van der Waals surface area contributed by atoms with Crippen molar-refractivity contribution in [1.29, 1.82) is 0 Å². The van der Waals surface area contributed by atoms with Gasteiger partial charge >= 0.3 is 18.1 Å². The number of ether oxygens (including phenoxy) is 3. The van der Waals surface area contributed by atoms with Crippen molar-refractivity contribution in [2.75, 3.05) is 25.2 Å². The molecule has 8 nitrogen and oxygen atoms in total. The van der Waals surface area contributed by atoms with Crippen molar-refractivity contribution in [1.82, 2.24) is 0 Å². The number of anilines is 1. The zero-order chi connectivity index (χ0) is 34.0. The molecular formula is C35H32F4N2O6. The maximum absolute atomic E-state index is 14.8. The lowest BCUT2D eigenvalue weighted by molar-refractivity contribution is -0.152. The number of carbonyl (C=O) groups is 3. The summed E-state index contributed by atoms with van der Waals surface area (Å²) in [6.45, 7) is 3.10.